The molecule has 0 spiro atoms. The van der Waals surface area contributed by atoms with Crippen LogP contribution in [0.2, 0.25) is 0 Å². The molecule has 1 heterocycles. The quantitative estimate of drug-likeness (QED) is 0.677. The molecule has 0 aliphatic heterocycles. The van der Waals surface area contributed by atoms with Crippen molar-refractivity contribution in [3.8, 4) is 5.75 Å². The molecule has 3 rings (SSSR count). The van der Waals surface area contributed by atoms with Crippen LogP contribution in [0, 0.1) is 5.82 Å². The molecule has 0 saturated heterocycles. The van der Waals surface area contributed by atoms with Crippen molar-refractivity contribution in [1.29, 1.82) is 0 Å². The zero-order chi connectivity index (χ0) is 18.1. The summed E-state index contributed by atoms with van der Waals surface area (Å²) in [6.45, 7) is 0.551. The molecule has 0 fully saturated rings. The van der Waals surface area contributed by atoms with Gasteiger partial charge in [0.1, 0.15) is 12.4 Å². The van der Waals surface area contributed by atoms with Crippen LogP contribution in [-0.2, 0) is 6.61 Å². The monoisotopic (exact) mass is 356 g/mol. The molecule has 0 bridgehead atoms. The lowest BCUT2D eigenvalue weighted by atomic mass is 10.2. The van der Waals surface area contributed by atoms with Crippen LogP contribution in [0.3, 0.4) is 0 Å². The third kappa shape index (κ3) is 6.24. The van der Waals surface area contributed by atoms with Crippen LogP contribution in [0.5, 0.6) is 5.75 Å². The number of para-hydroxylation sites is 2. The van der Waals surface area contributed by atoms with E-state index in [-0.39, 0.29) is 13.0 Å². The maximum atomic E-state index is 12.4. The fraction of sp³-hybridized carbons (Fsp3) is 0.100. The van der Waals surface area contributed by atoms with Gasteiger partial charge < -0.3 is 15.6 Å². The number of anilines is 1. The van der Waals surface area contributed by atoms with E-state index in [0.717, 1.165) is 23.6 Å². The molecule has 0 amide bonds. The van der Waals surface area contributed by atoms with E-state index in [1.165, 1.54) is 6.20 Å². The van der Waals surface area contributed by atoms with E-state index < -0.39 is 11.8 Å². The molecule has 0 saturated carbocycles. The lowest BCUT2D eigenvalue weighted by molar-refractivity contribution is 0.0691. The van der Waals surface area contributed by atoms with Crippen molar-refractivity contribution in [3.05, 3.63) is 90.0 Å². The molecular weight excluding hydrogens is 335 g/mol. The van der Waals surface area contributed by atoms with Gasteiger partial charge in [0.15, 0.2) is 5.82 Å². The summed E-state index contributed by atoms with van der Waals surface area (Å²) >= 11 is 0. The fourth-order valence-electron chi connectivity index (χ4n) is 1.90. The Morgan fingerprint density at radius 1 is 1.08 bits per heavy atom. The third-order valence-electron chi connectivity index (χ3n) is 3.16. The second-order valence-electron chi connectivity index (χ2n) is 4.97. The summed E-state index contributed by atoms with van der Waals surface area (Å²) in [5.74, 6) is -1.35. The summed E-state index contributed by atoms with van der Waals surface area (Å²) in [7, 11) is 0. The molecule has 136 valence electrons. The van der Waals surface area contributed by atoms with Crippen molar-refractivity contribution in [1.82, 2.24) is 4.98 Å². The Bertz CT molecular complexity index is 826. The number of carbonyl (C=O) groups is 1. The number of rotatable bonds is 4. The zero-order valence-electron chi connectivity index (χ0n) is 13.3. The lowest BCUT2D eigenvalue weighted by Gasteiger charge is -2.08. The number of carboxylic acid groups (broad SMARTS) is 1. The van der Waals surface area contributed by atoms with E-state index in [1.54, 1.807) is 0 Å². The number of halogens is 1. The number of nitrogens with zero attached hydrogens (tertiary/aromatic N) is 1. The summed E-state index contributed by atoms with van der Waals surface area (Å²) < 4.78 is 18.0. The molecule has 0 unspecified atom stereocenters. The highest BCUT2D eigenvalue weighted by atomic mass is 19.1. The Kier molecular flexibility index (Phi) is 8.30. The van der Waals surface area contributed by atoms with E-state index in [1.807, 2.05) is 54.6 Å². The Morgan fingerprint density at radius 3 is 2.31 bits per heavy atom. The minimum atomic E-state index is -1.28. The number of hydrogen-bond donors (Lipinski definition) is 2. The third-order valence-corrected chi connectivity index (χ3v) is 3.16. The van der Waals surface area contributed by atoms with Gasteiger partial charge in [-0.3, -0.25) is 4.98 Å². The second-order valence-corrected chi connectivity index (χ2v) is 4.97. The van der Waals surface area contributed by atoms with Crippen molar-refractivity contribution < 1.29 is 19.0 Å². The Balaban J connectivity index is 0.000000270. The van der Waals surface area contributed by atoms with Gasteiger partial charge in [-0.1, -0.05) is 49.9 Å². The van der Waals surface area contributed by atoms with Crippen LogP contribution in [0.25, 0.3) is 0 Å². The van der Waals surface area contributed by atoms with Crippen molar-refractivity contribution in [3.63, 3.8) is 0 Å². The van der Waals surface area contributed by atoms with Crippen LogP contribution in [0.4, 0.5) is 10.1 Å². The van der Waals surface area contributed by atoms with Gasteiger partial charge in [0, 0.05) is 6.20 Å². The Hall–Kier alpha value is -3.41. The maximum absolute atomic E-state index is 12.4. The molecule has 2 aromatic carbocycles. The molecule has 5 nitrogen and oxygen atoms in total. The van der Waals surface area contributed by atoms with E-state index in [4.69, 9.17) is 15.6 Å². The first kappa shape index (κ1) is 20.6. The van der Waals surface area contributed by atoms with Gasteiger partial charge in [0.25, 0.3) is 0 Å². The number of nitrogens with two attached hydrogens (primary N) is 1. The molecule has 26 heavy (non-hydrogen) atoms. The predicted octanol–water partition coefficient (Wildman–Crippen LogP) is 4.40. The highest BCUT2D eigenvalue weighted by molar-refractivity contribution is 5.87. The SMILES string of the molecule is C.Nc1ccccc1OCc1ccccc1.O=C(O)c1ccncc1F. The number of nitrogen functional groups attached to an aromatic ring is 1. The topological polar surface area (TPSA) is 85.4 Å². The van der Waals surface area contributed by atoms with Gasteiger partial charge in [-0.2, -0.15) is 0 Å². The second kappa shape index (κ2) is 10.5. The minimum Gasteiger partial charge on any atom is -0.487 e. The standard InChI is InChI=1S/C13H13NO.C6H4FNO2.CH4/c14-12-8-4-5-9-13(12)15-10-11-6-2-1-3-7-11;7-5-3-8-2-1-4(5)6(9)10;/h1-9H,10,14H2;1-3H,(H,9,10);1H4. The Morgan fingerprint density at radius 2 is 1.73 bits per heavy atom. The molecule has 6 heteroatoms. The highest BCUT2D eigenvalue weighted by Gasteiger charge is 2.07. The minimum absolute atomic E-state index is 0. The molecule has 3 aromatic rings. The van der Waals surface area contributed by atoms with Crippen LogP contribution in [0.1, 0.15) is 23.3 Å². The number of hydrogen-bond acceptors (Lipinski definition) is 4. The van der Waals surface area contributed by atoms with Gasteiger partial charge in [-0.05, 0) is 23.8 Å². The fourth-order valence-corrected chi connectivity index (χ4v) is 1.90. The van der Waals surface area contributed by atoms with Gasteiger partial charge in [0.2, 0.25) is 0 Å². The van der Waals surface area contributed by atoms with Crippen LogP contribution in [0.15, 0.2) is 73.1 Å². The number of pyridine rings is 1. The highest BCUT2D eigenvalue weighted by Crippen LogP contribution is 2.20. The van der Waals surface area contributed by atoms with Crippen molar-refractivity contribution in [2.24, 2.45) is 0 Å². The van der Waals surface area contributed by atoms with Crippen LogP contribution < -0.4 is 10.5 Å². The number of aromatic carboxylic acids is 1. The average Bonchev–Trinajstić information content (AvgIpc) is 2.63. The van der Waals surface area contributed by atoms with E-state index >= 15 is 0 Å². The molecule has 0 aliphatic rings. The van der Waals surface area contributed by atoms with E-state index in [9.17, 15) is 9.18 Å². The zero-order valence-corrected chi connectivity index (χ0v) is 13.3. The van der Waals surface area contributed by atoms with Gasteiger partial charge in [-0.15, -0.1) is 0 Å². The summed E-state index contributed by atoms with van der Waals surface area (Å²) in [6, 6.07) is 18.6. The summed E-state index contributed by atoms with van der Waals surface area (Å²) in [5.41, 5.74) is 7.22. The lowest BCUT2D eigenvalue weighted by Crippen LogP contribution is -1.99. The van der Waals surface area contributed by atoms with Gasteiger partial charge >= 0.3 is 5.97 Å². The largest absolute Gasteiger partial charge is 0.487 e. The number of carboxylic acids is 1. The first-order valence-electron chi connectivity index (χ1n) is 7.42. The summed E-state index contributed by atoms with van der Waals surface area (Å²) in [5, 5.41) is 8.30. The molecule has 1 aromatic heterocycles. The smallest absolute Gasteiger partial charge is 0.338 e. The molecule has 0 atom stereocenters. The number of aromatic nitrogens is 1. The van der Waals surface area contributed by atoms with Crippen molar-refractivity contribution in [2.75, 3.05) is 5.73 Å². The average molecular weight is 356 g/mol. The normalized spacial score (nSPS) is 9.27. The first-order valence-corrected chi connectivity index (χ1v) is 7.42. The summed E-state index contributed by atoms with van der Waals surface area (Å²) in [6.07, 6.45) is 2.09. The number of benzene rings is 2. The van der Waals surface area contributed by atoms with E-state index in [2.05, 4.69) is 4.98 Å². The molecule has 0 aliphatic carbocycles. The van der Waals surface area contributed by atoms with Crippen molar-refractivity contribution in [2.45, 2.75) is 14.0 Å². The predicted molar refractivity (Wildman–Crippen MR) is 99.5 cm³/mol. The molecule has 3 N–H and O–H groups in total. The van der Waals surface area contributed by atoms with Crippen LogP contribution >= 0.6 is 0 Å². The first-order chi connectivity index (χ1) is 12.1. The molecular formula is C20H21FN2O3. The van der Waals surface area contributed by atoms with Gasteiger partial charge in [0.05, 0.1) is 17.4 Å². The summed E-state index contributed by atoms with van der Waals surface area (Å²) in [4.78, 5) is 13.5. The van der Waals surface area contributed by atoms with E-state index in [0.29, 0.717) is 12.3 Å². The molecule has 0 radical (unpaired) electrons. The van der Waals surface area contributed by atoms with Gasteiger partial charge in [-0.25, -0.2) is 9.18 Å². The Labute approximate surface area is 151 Å². The maximum Gasteiger partial charge on any atom is 0.338 e. The van der Waals surface area contributed by atoms with Crippen molar-refractivity contribution >= 4 is 11.7 Å². The van der Waals surface area contributed by atoms with Crippen LogP contribution in [-0.4, -0.2) is 16.1 Å². The number of ether oxygens (including phenoxy) is 1.